The van der Waals surface area contributed by atoms with Crippen molar-refractivity contribution in [3.05, 3.63) is 53.3 Å². The first-order chi connectivity index (χ1) is 14.4. The molecule has 158 valence electrons. The Kier molecular flexibility index (Phi) is 5.50. The third kappa shape index (κ3) is 3.91. The SMILES string of the molecule is COc1ccc(CN(C(=O)c2cc3cnn(C(C)C)c3nc2C)C(C)C2CC2)cc1. The topological polar surface area (TPSA) is 60.2 Å². The van der Waals surface area contributed by atoms with E-state index in [4.69, 9.17) is 9.72 Å². The minimum atomic E-state index is 0.0365. The van der Waals surface area contributed by atoms with Gasteiger partial charge in [-0.1, -0.05) is 12.1 Å². The molecular formula is C24H30N4O2. The number of hydrogen-bond acceptors (Lipinski definition) is 4. The van der Waals surface area contributed by atoms with Gasteiger partial charge in [-0.3, -0.25) is 4.79 Å². The predicted octanol–water partition coefficient (Wildman–Crippen LogP) is 4.77. The number of aromatic nitrogens is 3. The summed E-state index contributed by atoms with van der Waals surface area (Å²) in [5.41, 5.74) is 3.33. The van der Waals surface area contributed by atoms with Crippen LogP contribution in [-0.2, 0) is 6.54 Å². The first-order valence-corrected chi connectivity index (χ1v) is 10.7. The molecule has 2 aromatic heterocycles. The highest BCUT2D eigenvalue weighted by molar-refractivity contribution is 5.98. The Bertz CT molecular complexity index is 1050. The second-order valence-corrected chi connectivity index (χ2v) is 8.58. The van der Waals surface area contributed by atoms with Gasteiger partial charge >= 0.3 is 0 Å². The van der Waals surface area contributed by atoms with Gasteiger partial charge in [0.05, 0.1) is 24.6 Å². The number of fused-ring (bicyclic) bond motifs is 1. The zero-order valence-corrected chi connectivity index (χ0v) is 18.4. The molecule has 0 spiro atoms. The van der Waals surface area contributed by atoms with Crippen molar-refractivity contribution in [2.24, 2.45) is 5.92 Å². The van der Waals surface area contributed by atoms with E-state index in [1.807, 2.05) is 46.8 Å². The van der Waals surface area contributed by atoms with Crippen molar-refractivity contribution in [2.75, 3.05) is 7.11 Å². The summed E-state index contributed by atoms with van der Waals surface area (Å²) in [6.07, 6.45) is 4.17. The van der Waals surface area contributed by atoms with Crippen LogP contribution in [-0.4, -0.2) is 38.7 Å². The molecule has 1 saturated carbocycles. The summed E-state index contributed by atoms with van der Waals surface area (Å²) in [6.45, 7) is 8.81. The first kappa shape index (κ1) is 20.4. The van der Waals surface area contributed by atoms with Crippen LogP contribution in [0.4, 0.5) is 0 Å². The molecule has 2 heterocycles. The van der Waals surface area contributed by atoms with Gasteiger partial charge in [0.25, 0.3) is 5.91 Å². The average molecular weight is 407 g/mol. The number of methoxy groups -OCH3 is 1. The van der Waals surface area contributed by atoms with Crippen molar-refractivity contribution >= 4 is 16.9 Å². The molecule has 6 nitrogen and oxygen atoms in total. The van der Waals surface area contributed by atoms with Crippen molar-refractivity contribution in [1.82, 2.24) is 19.7 Å². The summed E-state index contributed by atoms with van der Waals surface area (Å²) in [5.74, 6) is 1.43. The molecule has 0 radical (unpaired) electrons. The molecule has 1 aromatic carbocycles. The van der Waals surface area contributed by atoms with Crippen LogP contribution in [0.3, 0.4) is 0 Å². The maximum Gasteiger partial charge on any atom is 0.256 e. The smallest absolute Gasteiger partial charge is 0.256 e. The summed E-state index contributed by atoms with van der Waals surface area (Å²) < 4.78 is 7.17. The van der Waals surface area contributed by atoms with Crippen molar-refractivity contribution in [3.8, 4) is 5.75 Å². The number of benzene rings is 1. The molecule has 1 unspecified atom stereocenters. The molecular weight excluding hydrogens is 376 g/mol. The molecule has 1 amide bonds. The quantitative estimate of drug-likeness (QED) is 0.567. The van der Waals surface area contributed by atoms with E-state index in [0.29, 0.717) is 18.0 Å². The van der Waals surface area contributed by atoms with Crippen LogP contribution in [0.2, 0.25) is 0 Å². The fourth-order valence-corrected chi connectivity index (χ4v) is 3.98. The lowest BCUT2D eigenvalue weighted by atomic mass is 10.1. The summed E-state index contributed by atoms with van der Waals surface area (Å²) in [6, 6.07) is 10.3. The van der Waals surface area contributed by atoms with Gasteiger partial charge in [-0.2, -0.15) is 5.10 Å². The standard InChI is InChI=1S/C24H30N4O2/c1-15(2)28-23-20(13-25-28)12-22(16(3)26-23)24(29)27(17(4)19-8-9-19)14-18-6-10-21(30-5)11-7-18/h6-7,10-13,15,17,19H,8-9,14H2,1-5H3. The van der Waals surface area contributed by atoms with Gasteiger partial charge in [0.15, 0.2) is 5.65 Å². The first-order valence-electron chi connectivity index (χ1n) is 10.7. The van der Waals surface area contributed by atoms with Gasteiger partial charge in [-0.05, 0) is 70.2 Å². The highest BCUT2D eigenvalue weighted by Crippen LogP contribution is 2.36. The van der Waals surface area contributed by atoms with Crippen molar-refractivity contribution in [2.45, 2.75) is 59.2 Å². The number of amides is 1. The van der Waals surface area contributed by atoms with Crippen LogP contribution in [0.15, 0.2) is 36.5 Å². The van der Waals surface area contributed by atoms with Gasteiger partial charge in [0, 0.05) is 24.0 Å². The zero-order chi connectivity index (χ0) is 21.4. The molecule has 1 aliphatic carbocycles. The van der Waals surface area contributed by atoms with Gasteiger partial charge in [-0.15, -0.1) is 0 Å². The van der Waals surface area contributed by atoms with Crippen molar-refractivity contribution in [3.63, 3.8) is 0 Å². The molecule has 1 atom stereocenters. The van der Waals surface area contributed by atoms with E-state index in [0.717, 1.165) is 28.0 Å². The number of hydrogen-bond donors (Lipinski definition) is 0. The van der Waals surface area contributed by atoms with E-state index in [9.17, 15) is 4.79 Å². The molecule has 0 aliphatic heterocycles. The van der Waals surface area contributed by atoms with Gasteiger partial charge in [0.1, 0.15) is 5.75 Å². The van der Waals surface area contributed by atoms with Crippen LogP contribution in [0.25, 0.3) is 11.0 Å². The fraction of sp³-hybridized carbons (Fsp3) is 0.458. The third-order valence-corrected chi connectivity index (χ3v) is 6.05. The summed E-state index contributed by atoms with van der Waals surface area (Å²) in [7, 11) is 1.66. The summed E-state index contributed by atoms with van der Waals surface area (Å²) in [5, 5.41) is 5.36. The Balaban J connectivity index is 1.67. The van der Waals surface area contributed by atoms with Crippen molar-refractivity contribution < 1.29 is 9.53 Å². The number of rotatable bonds is 7. The largest absolute Gasteiger partial charge is 0.497 e. The molecule has 0 bridgehead atoms. The predicted molar refractivity (Wildman–Crippen MR) is 118 cm³/mol. The van der Waals surface area contributed by atoms with E-state index >= 15 is 0 Å². The maximum absolute atomic E-state index is 13.7. The van der Waals surface area contributed by atoms with Crippen LogP contribution < -0.4 is 4.74 Å². The monoisotopic (exact) mass is 406 g/mol. The van der Waals surface area contributed by atoms with E-state index < -0.39 is 0 Å². The van der Waals surface area contributed by atoms with E-state index in [-0.39, 0.29) is 18.0 Å². The van der Waals surface area contributed by atoms with Gasteiger partial charge in [0.2, 0.25) is 0 Å². The lowest BCUT2D eigenvalue weighted by Gasteiger charge is -2.30. The Hall–Kier alpha value is -2.89. The van der Waals surface area contributed by atoms with Crippen LogP contribution in [0, 0.1) is 12.8 Å². The Morgan fingerprint density at radius 3 is 2.53 bits per heavy atom. The highest BCUT2D eigenvalue weighted by atomic mass is 16.5. The van der Waals surface area contributed by atoms with Gasteiger partial charge in [-0.25, -0.2) is 9.67 Å². The number of nitrogens with zero attached hydrogens (tertiary/aromatic N) is 4. The Labute approximate surface area is 177 Å². The summed E-state index contributed by atoms with van der Waals surface area (Å²) in [4.78, 5) is 20.4. The Morgan fingerprint density at radius 2 is 1.93 bits per heavy atom. The highest BCUT2D eigenvalue weighted by Gasteiger charge is 2.35. The number of carbonyl (C=O) groups excluding carboxylic acids is 1. The number of carbonyl (C=O) groups is 1. The second-order valence-electron chi connectivity index (χ2n) is 8.58. The number of aryl methyl sites for hydroxylation is 1. The van der Waals surface area contributed by atoms with Crippen LogP contribution >= 0.6 is 0 Å². The second kappa shape index (κ2) is 8.09. The number of ether oxygens (including phenoxy) is 1. The fourth-order valence-electron chi connectivity index (χ4n) is 3.98. The molecule has 6 heteroatoms. The van der Waals surface area contributed by atoms with E-state index in [1.165, 1.54) is 12.8 Å². The Morgan fingerprint density at radius 1 is 1.23 bits per heavy atom. The third-order valence-electron chi connectivity index (χ3n) is 6.05. The lowest BCUT2D eigenvalue weighted by molar-refractivity contribution is 0.0653. The number of pyridine rings is 1. The average Bonchev–Trinajstić information content (AvgIpc) is 3.51. The van der Waals surface area contributed by atoms with E-state index in [1.54, 1.807) is 13.3 Å². The molecule has 0 saturated heterocycles. The minimum Gasteiger partial charge on any atom is -0.497 e. The summed E-state index contributed by atoms with van der Waals surface area (Å²) >= 11 is 0. The molecule has 30 heavy (non-hydrogen) atoms. The van der Waals surface area contributed by atoms with E-state index in [2.05, 4.69) is 25.9 Å². The van der Waals surface area contributed by atoms with Crippen molar-refractivity contribution in [1.29, 1.82) is 0 Å². The van der Waals surface area contributed by atoms with Crippen LogP contribution in [0.1, 0.15) is 61.3 Å². The minimum absolute atomic E-state index is 0.0365. The molecule has 1 aliphatic rings. The molecule has 1 fully saturated rings. The maximum atomic E-state index is 13.7. The van der Waals surface area contributed by atoms with Gasteiger partial charge < -0.3 is 9.64 Å². The normalized spacial score (nSPS) is 14.9. The zero-order valence-electron chi connectivity index (χ0n) is 18.4. The molecule has 4 rings (SSSR count). The lowest BCUT2D eigenvalue weighted by Crippen LogP contribution is -2.39. The molecule has 0 N–H and O–H groups in total. The molecule has 3 aromatic rings. The van der Waals surface area contributed by atoms with Crippen LogP contribution in [0.5, 0.6) is 5.75 Å².